The van der Waals surface area contributed by atoms with Crippen LogP contribution in [0.5, 0.6) is 0 Å². The quantitative estimate of drug-likeness (QED) is 0.783. The number of nitrogens with one attached hydrogen (secondary N) is 1. The Labute approximate surface area is 141 Å². The van der Waals surface area contributed by atoms with Crippen LogP contribution in [0.4, 0.5) is 13.2 Å². The zero-order valence-corrected chi connectivity index (χ0v) is 14.0. The molecule has 23 heavy (non-hydrogen) atoms. The van der Waals surface area contributed by atoms with Crippen LogP contribution in [0.15, 0.2) is 54.6 Å². The second-order valence-electron chi connectivity index (χ2n) is 6.10. The van der Waals surface area contributed by atoms with E-state index in [1.165, 1.54) is 12.1 Å². The molecular weight excluding hydrogens is 323 g/mol. The summed E-state index contributed by atoms with van der Waals surface area (Å²) in [7, 11) is 0. The fourth-order valence-electron chi connectivity index (χ4n) is 2.37. The Morgan fingerprint density at radius 1 is 0.870 bits per heavy atom. The third-order valence-corrected chi connectivity index (χ3v) is 3.51. The highest BCUT2D eigenvalue weighted by Crippen LogP contribution is 2.30. The average Bonchev–Trinajstić information content (AvgIpc) is 2.45. The lowest BCUT2D eigenvalue weighted by Crippen LogP contribution is -2.40. The monoisotopic (exact) mass is 343 g/mol. The molecule has 0 heterocycles. The van der Waals surface area contributed by atoms with E-state index in [2.05, 4.69) is 5.32 Å². The van der Waals surface area contributed by atoms with E-state index >= 15 is 0 Å². The van der Waals surface area contributed by atoms with Gasteiger partial charge in [-0.05, 0) is 37.5 Å². The molecule has 0 atom stereocenters. The number of benzene rings is 2. The maximum absolute atomic E-state index is 12.8. The van der Waals surface area contributed by atoms with Gasteiger partial charge in [-0.25, -0.2) is 0 Å². The molecule has 0 amide bonds. The first-order valence-corrected chi connectivity index (χ1v) is 7.21. The molecule has 1 N–H and O–H groups in total. The summed E-state index contributed by atoms with van der Waals surface area (Å²) in [4.78, 5) is 0. The Kier molecular flexibility index (Phi) is 6.66. The number of hydrogen-bond donors (Lipinski definition) is 1. The van der Waals surface area contributed by atoms with Crippen molar-refractivity contribution in [1.29, 1.82) is 0 Å². The fraction of sp³-hybridized carbons (Fsp3) is 0.333. The average molecular weight is 344 g/mol. The van der Waals surface area contributed by atoms with Crippen LogP contribution in [0.1, 0.15) is 30.5 Å². The predicted octanol–water partition coefficient (Wildman–Crippen LogP) is 5.24. The molecule has 0 saturated heterocycles. The molecule has 0 aliphatic rings. The van der Waals surface area contributed by atoms with Gasteiger partial charge in [0.25, 0.3) is 0 Å². The molecule has 0 aliphatic heterocycles. The van der Waals surface area contributed by atoms with Crippen molar-refractivity contribution in [3.05, 3.63) is 71.3 Å². The number of halogens is 4. The Morgan fingerprint density at radius 2 is 1.48 bits per heavy atom. The molecule has 0 bridgehead atoms. The van der Waals surface area contributed by atoms with Crippen molar-refractivity contribution in [2.75, 3.05) is 0 Å². The molecule has 5 heteroatoms. The molecule has 0 radical (unpaired) electrons. The van der Waals surface area contributed by atoms with E-state index < -0.39 is 11.7 Å². The van der Waals surface area contributed by atoms with E-state index in [1.807, 2.05) is 44.2 Å². The SMILES string of the molecule is CC(C)(Cc1cccc(C(F)(F)F)c1)NCc1ccccc1.Cl. The van der Waals surface area contributed by atoms with E-state index in [0.717, 1.165) is 11.6 Å². The van der Waals surface area contributed by atoms with Gasteiger partial charge in [0, 0.05) is 12.1 Å². The third kappa shape index (κ3) is 6.24. The minimum atomic E-state index is -4.29. The van der Waals surface area contributed by atoms with Crippen LogP contribution in [-0.4, -0.2) is 5.54 Å². The summed E-state index contributed by atoms with van der Waals surface area (Å²) in [6, 6.07) is 15.5. The molecule has 2 aromatic carbocycles. The van der Waals surface area contributed by atoms with Crippen LogP contribution in [-0.2, 0) is 19.1 Å². The minimum Gasteiger partial charge on any atom is -0.307 e. The van der Waals surface area contributed by atoms with E-state index in [4.69, 9.17) is 0 Å². The second kappa shape index (κ2) is 7.84. The summed E-state index contributed by atoms with van der Waals surface area (Å²) in [6.45, 7) is 4.68. The third-order valence-electron chi connectivity index (χ3n) is 3.51. The summed E-state index contributed by atoms with van der Waals surface area (Å²) >= 11 is 0. The van der Waals surface area contributed by atoms with Crippen molar-refractivity contribution < 1.29 is 13.2 Å². The van der Waals surface area contributed by atoms with E-state index in [0.29, 0.717) is 18.5 Å². The van der Waals surface area contributed by atoms with Crippen molar-refractivity contribution in [3.63, 3.8) is 0 Å². The maximum atomic E-state index is 12.8. The van der Waals surface area contributed by atoms with Gasteiger partial charge in [-0.1, -0.05) is 48.5 Å². The number of alkyl halides is 3. The normalized spacial score (nSPS) is 11.9. The second-order valence-corrected chi connectivity index (χ2v) is 6.10. The van der Waals surface area contributed by atoms with Gasteiger partial charge in [-0.3, -0.25) is 0 Å². The molecule has 1 nitrogen and oxygen atoms in total. The van der Waals surface area contributed by atoms with Gasteiger partial charge in [0.1, 0.15) is 0 Å². The van der Waals surface area contributed by atoms with E-state index in [-0.39, 0.29) is 17.9 Å². The van der Waals surface area contributed by atoms with Gasteiger partial charge in [0.2, 0.25) is 0 Å². The molecule has 2 rings (SSSR count). The van der Waals surface area contributed by atoms with Gasteiger partial charge in [-0.15, -0.1) is 12.4 Å². The minimum absolute atomic E-state index is 0. The Hall–Kier alpha value is -1.52. The van der Waals surface area contributed by atoms with Gasteiger partial charge in [0.05, 0.1) is 5.56 Å². The summed E-state index contributed by atoms with van der Waals surface area (Å²) in [6.07, 6.45) is -3.76. The highest BCUT2D eigenvalue weighted by atomic mass is 35.5. The molecule has 0 saturated carbocycles. The zero-order chi connectivity index (χ0) is 16.2. The predicted molar refractivity (Wildman–Crippen MR) is 89.8 cm³/mol. The molecule has 0 unspecified atom stereocenters. The first-order valence-electron chi connectivity index (χ1n) is 7.21. The standard InChI is InChI=1S/C18H20F3N.ClH/c1-17(2,22-13-14-7-4-3-5-8-14)12-15-9-6-10-16(11-15)18(19,20)21;/h3-11,22H,12-13H2,1-2H3;1H. The fourth-order valence-corrected chi connectivity index (χ4v) is 2.37. The molecular formula is C18H21ClF3N. The van der Waals surface area contributed by atoms with Crippen LogP contribution in [0.25, 0.3) is 0 Å². The van der Waals surface area contributed by atoms with Gasteiger partial charge in [0.15, 0.2) is 0 Å². The van der Waals surface area contributed by atoms with Crippen LogP contribution in [0.2, 0.25) is 0 Å². The largest absolute Gasteiger partial charge is 0.416 e. The lowest BCUT2D eigenvalue weighted by Gasteiger charge is -2.27. The van der Waals surface area contributed by atoms with E-state index in [9.17, 15) is 13.2 Å². The molecule has 0 aliphatic carbocycles. The number of rotatable bonds is 5. The Balaban J connectivity index is 0.00000264. The molecule has 2 aromatic rings. The van der Waals surface area contributed by atoms with Crippen LogP contribution >= 0.6 is 12.4 Å². The first-order chi connectivity index (χ1) is 10.3. The van der Waals surface area contributed by atoms with Crippen molar-refractivity contribution in [2.45, 2.75) is 38.5 Å². The van der Waals surface area contributed by atoms with Crippen LogP contribution in [0, 0.1) is 0 Å². The molecule has 0 spiro atoms. The summed E-state index contributed by atoms with van der Waals surface area (Å²) in [5.41, 5.74) is 0.948. The van der Waals surface area contributed by atoms with Gasteiger partial charge >= 0.3 is 6.18 Å². The lowest BCUT2D eigenvalue weighted by atomic mass is 9.93. The smallest absolute Gasteiger partial charge is 0.307 e. The maximum Gasteiger partial charge on any atom is 0.416 e. The summed E-state index contributed by atoms with van der Waals surface area (Å²) in [5, 5.41) is 3.40. The molecule has 0 aromatic heterocycles. The molecule has 0 fully saturated rings. The van der Waals surface area contributed by atoms with Crippen LogP contribution in [0.3, 0.4) is 0 Å². The summed E-state index contributed by atoms with van der Waals surface area (Å²) in [5.74, 6) is 0. The van der Waals surface area contributed by atoms with Crippen LogP contribution < -0.4 is 5.32 Å². The highest BCUT2D eigenvalue weighted by Gasteiger charge is 2.30. The Morgan fingerprint density at radius 3 is 2.09 bits per heavy atom. The van der Waals surface area contributed by atoms with Crippen molar-refractivity contribution in [2.24, 2.45) is 0 Å². The van der Waals surface area contributed by atoms with Gasteiger partial charge < -0.3 is 5.32 Å². The van der Waals surface area contributed by atoms with Crippen molar-refractivity contribution >= 4 is 12.4 Å². The lowest BCUT2D eigenvalue weighted by molar-refractivity contribution is -0.137. The van der Waals surface area contributed by atoms with E-state index in [1.54, 1.807) is 6.07 Å². The summed E-state index contributed by atoms with van der Waals surface area (Å²) < 4.78 is 38.3. The first kappa shape index (κ1) is 19.5. The number of hydrogen-bond acceptors (Lipinski definition) is 1. The Bertz CT molecular complexity index is 609. The van der Waals surface area contributed by atoms with Gasteiger partial charge in [-0.2, -0.15) is 13.2 Å². The molecule has 126 valence electrons. The van der Waals surface area contributed by atoms with Crippen molar-refractivity contribution in [3.8, 4) is 0 Å². The topological polar surface area (TPSA) is 12.0 Å². The zero-order valence-electron chi connectivity index (χ0n) is 13.2. The van der Waals surface area contributed by atoms with Crippen molar-refractivity contribution in [1.82, 2.24) is 5.32 Å². The highest BCUT2D eigenvalue weighted by molar-refractivity contribution is 5.85.